The fraction of sp³-hybridized carbons (Fsp3) is 0.182. The largest absolute Gasteiger partial charge is 0.303 e. The minimum atomic E-state index is -0.353. The first-order chi connectivity index (χ1) is 8.52. The lowest BCUT2D eigenvalue weighted by atomic mass is 10.3. The van der Waals surface area contributed by atoms with Gasteiger partial charge in [-0.2, -0.15) is 10.4 Å². The fourth-order valence-electron chi connectivity index (χ4n) is 1.41. The van der Waals surface area contributed by atoms with Gasteiger partial charge in [-0.1, -0.05) is 11.6 Å². The summed E-state index contributed by atoms with van der Waals surface area (Å²) in [5.74, 6) is -0.111. The summed E-state index contributed by atoms with van der Waals surface area (Å²) in [5, 5.41) is 17.7. The third kappa shape index (κ3) is 2.23. The SMILES string of the molecule is Cc1csc(C(=O)Nc2nn(C)cc2C#N)c1Cl. The van der Waals surface area contributed by atoms with Crippen LogP contribution in [0.2, 0.25) is 5.02 Å². The van der Waals surface area contributed by atoms with Crippen molar-refractivity contribution in [3.8, 4) is 6.07 Å². The van der Waals surface area contributed by atoms with Crippen molar-refractivity contribution in [2.24, 2.45) is 7.05 Å². The number of carbonyl (C=O) groups excluding carboxylic acids is 1. The third-order valence-electron chi connectivity index (χ3n) is 2.29. The minimum Gasteiger partial charge on any atom is -0.303 e. The molecule has 1 N–H and O–H groups in total. The summed E-state index contributed by atoms with van der Waals surface area (Å²) in [7, 11) is 1.68. The minimum absolute atomic E-state index is 0.243. The van der Waals surface area contributed by atoms with Crippen LogP contribution in [0.4, 0.5) is 5.82 Å². The number of rotatable bonds is 2. The van der Waals surface area contributed by atoms with Crippen LogP contribution in [0.5, 0.6) is 0 Å². The second-order valence-corrected chi connectivity index (χ2v) is 4.95. The van der Waals surface area contributed by atoms with Crippen LogP contribution in [0.1, 0.15) is 20.8 Å². The highest BCUT2D eigenvalue weighted by Crippen LogP contribution is 2.28. The number of hydrogen-bond donors (Lipinski definition) is 1. The van der Waals surface area contributed by atoms with Gasteiger partial charge >= 0.3 is 0 Å². The number of nitriles is 1. The zero-order valence-electron chi connectivity index (χ0n) is 9.69. The first-order valence-electron chi connectivity index (χ1n) is 5.01. The molecular weight excluding hydrogens is 272 g/mol. The first-order valence-corrected chi connectivity index (χ1v) is 6.27. The summed E-state index contributed by atoms with van der Waals surface area (Å²) in [6.07, 6.45) is 1.54. The maximum atomic E-state index is 12.0. The Kier molecular flexibility index (Phi) is 3.36. The highest BCUT2D eigenvalue weighted by molar-refractivity contribution is 7.13. The van der Waals surface area contributed by atoms with Crippen molar-refractivity contribution < 1.29 is 4.79 Å². The number of anilines is 1. The van der Waals surface area contributed by atoms with Gasteiger partial charge in [0.15, 0.2) is 5.82 Å². The average Bonchev–Trinajstić information content (AvgIpc) is 2.84. The molecule has 0 radical (unpaired) electrons. The van der Waals surface area contributed by atoms with Crippen molar-refractivity contribution in [3.05, 3.63) is 32.6 Å². The zero-order chi connectivity index (χ0) is 13.3. The van der Waals surface area contributed by atoms with E-state index in [9.17, 15) is 4.79 Å². The summed E-state index contributed by atoms with van der Waals surface area (Å²) in [5.41, 5.74) is 1.17. The van der Waals surface area contributed by atoms with E-state index in [1.165, 1.54) is 22.2 Å². The number of nitrogens with zero attached hydrogens (tertiary/aromatic N) is 3. The van der Waals surface area contributed by atoms with Gasteiger partial charge in [0.2, 0.25) is 0 Å². The molecule has 5 nitrogen and oxygen atoms in total. The van der Waals surface area contributed by atoms with Crippen molar-refractivity contribution >= 4 is 34.7 Å². The predicted molar refractivity (Wildman–Crippen MR) is 69.9 cm³/mol. The molecule has 0 saturated carbocycles. The van der Waals surface area contributed by atoms with Crippen molar-refractivity contribution in [3.63, 3.8) is 0 Å². The first kappa shape index (κ1) is 12.6. The molecule has 92 valence electrons. The van der Waals surface area contributed by atoms with Gasteiger partial charge in [-0.25, -0.2) is 0 Å². The molecule has 0 fully saturated rings. The molecule has 2 rings (SSSR count). The van der Waals surface area contributed by atoms with Gasteiger partial charge in [-0.05, 0) is 17.9 Å². The lowest BCUT2D eigenvalue weighted by Crippen LogP contribution is -2.12. The summed E-state index contributed by atoms with van der Waals surface area (Å²) in [6, 6.07) is 1.97. The van der Waals surface area contributed by atoms with Gasteiger partial charge in [0, 0.05) is 13.2 Å². The topological polar surface area (TPSA) is 70.7 Å². The van der Waals surface area contributed by atoms with Crippen molar-refractivity contribution in [2.75, 3.05) is 5.32 Å². The van der Waals surface area contributed by atoms with Crippen molar-refractivity contribution in [1.29, 1.82) is 5.26 Å². The number of amides is 1. The summed E-state index contributed by atoms with van der Waals surface area (Å²) < 4.78 is 1.47. The molecule has 0 saturated heterocycles. The number of aryl methyl sites for hydroxylation is 2. The van der Waals surface area contributed by atoms with Gasteiger partial charge in [0.1, 0.15) is 16.5 Å². The maximum Gasteiger partial charge on any atom is 0.268 e. The molecular formula is C11H9ClN4OS. The molecule has 0 aliphatic carbocycles. The van der Waals surface area contributed by atoms with Crippen LogP contribution in [-0.2, 0) is 7.05 Å². The molecule has 2 heterocycles. The van der Waals surface area contributed by atoms with Crippen LogP contribution >= 0.6 is 22.9 Å². The molecule has 2 aromatic rings. The molecule has 2 aromatic heterocycles. The van der Waals surface area contributed by atoms with Crippen LogP contribution < -0.4 is 5.32 Å². The maximum absolute atomic E-state index is 12.0. The molecule has 0 aliphatic rings. The van der Waals surface area contributed by atoms with E-state index in [1.807, 2.05) is 13.0 Å². The Balaban J connectivity index is 2.27. The summed E-state index contributed by atoms with van der Waals surface area (Å²) >= 11 is 7.27. The van der Waals surface area contributed by atoms with E-state index >= 15 is 0 Å². The molecule has 1 amide bonds. The number of aromatic nitrogens is 2. The van der Waals surface area contributed by atoms with E-state index in [0.29, 0.717) is 15.5 Å². The monoisotopic (exact) mass is 280 g/mol. The number of nitrogens with one attached hydrogen (secondary N) is 1. The molecule has 0 spiro atoms. The van der Waals surface area contributed by atoms with E-state index < -0.39 is 0 Å². The van der Waals surface area contributed by atoms with E-state index in [2.05, 4.69) is 10.4 Å². The van der Waals surface area contributed by atoms with Gasteiger partial charge < -0.3 is 5.32 Å². The summed E-state index contributed by atoms with van der Waals surface area (Å²) in [4.78, 5) is 12.4. The fourth-order valence-corrected chi connectivity index (χ4v) is 2.58. The zero-order valence-corrected chi connectivity index (χ0v) is 11.3. The van der Waals surface area contributed by atoms with Gasteiger partial charge in [-0.3, -0.25) is 9.48 Å². The highest BCUT2D eigenvalue weighted by atomic mass is 35.5. The van der Waals surface area contributed by atoms with Crippen LogP contribution in [0.15, 0.2) is 11.6 Å². The molecule has 0 aliphatic heterocycles. The lowest BCUT2D eigenvalue weighted by molar-refractivity contribution is 0.103. The Morgan fingerprint density at radius 2 is 2.39 bits per heavy atom. The molecule has 0 bridgehead atoms. The predicted octanol–water partition coefficient (Wildman–Crippen LogP) is 2.57. The number of carbonyl (C=O) groups is 1. The summed E-state index contributed by atoms with van der Waals surface area (Å²) in [6.45, 7) is 1.83. The Hall–Kier alpha value is -1.84. The van der Waals surface area contributed by atoms with E-state index in [-0.39, 0.29) is 11.7 Å². The molecule has 0 aromatic carbocycles. The van der Waals surface area contributed by atoms with Crippen LogP contribution in [0.3, 0.4) is 0 Å². The van der Waals surface area contributed by atoms with Crippen LogP contribution in [0, 0.1) is 18.3 Å². The lowest BCUT2D eigenvalue weighted by Gasteiger charge is -2.00. The van der Waals surface area contributed by atoms with Gasteiger partial charge in [-0.15, -0.1) is 11.3 Å². The Morgan fingerprint density at radius 3 is 2.94 bits per heavy atom. The van der Waals surface area contributed by atoms with Gasteiger partial charge in [0.05, 0.1) is 5.02 Å². The Morgan fingerprint density at radius 1 is 1.67 bits per heavy atom. The molecule has 0 unspecified atom stereocenters. The second-order valence-electron chi connectivity index (χ2n) is 3.69. The van der Waals surface area contributed by atoms with E-state index in [0.717, 1.165) is 5.56 Å². The molecule has 7 heteroatoms. The van der Waals surface area contributed by atoms with Crippen molar-refractivity contribution in [2.45, 2.75) is 6.92 Å². The van der Waals surface area contributed by atoms with Crippen LogP contribution in [-0.4, -0.2) is 15.7 Å². The van der Waals surface area contributed by atoms with Gasteiger partial charge in [0.25, 0.3) is 5.91 Å². The third-order valence-corrected chi connectivity index (χ3v) is 3.98. The second kappa shape index (κ2) is 4.80. The Bertz CT molecular complexity index is 653. The molecule has 0 atom stereocenters. The van der Waals surface area contributed by atoms with E-state index in [4.69, 9.17) is 16.9 Å². The normalized spacial score (nSPS) is 10.1. The number of halogens is 1. The van der Waals surface area contributed by atoms with E-state index in [1.54, 1.807) is 12.4 Å². The molecule has 18 heavy (non-hydrogen) atoms. The smallest absolute Gasteiger partial charge is 0.268 e. The standard InChI is InChI=1S/C11H9ClN4OS/c1-6-5-18-9(8(6)12)11(17)14-10-7(3-13)4-16(2)15-10/h4-5H,1-2H3,(H,14,15,17). The number of hydrogen-bond acceptors (Lipinski definition) is 4. The van der Waals surface area contributed by atoms with Crippen LogP contribution in [0.25, 0.3) is 0 Å². The number of thiophene rings is 1. The Labute approximate surface area is 113 Å². The quantitative estimate of drug-likeness (QED) is 0.919. The average molecular weight is 281 g/mol. The van der Waals surface area contributed by atoms with Crippen molar-refractivity contribution in [1.82, 2.24) is 9.78 Å². The highest BCUT2D eigenvalue weighted by Gasteiger charge is 2.17.